The monoisotopic (exact) mass is 422 g/mol. The van der Waals surface area contributed by atoms with Crippen LogP contribution in [0.5, 0.6) is 5.75 Å². The standard InChI is InChI=1S/C22H22N4O3S/c1-15-24-19(14-30-15)13-29-20-8-3-5-16(11-20)9-10-21(27)25-17-6-4-7-18(12-17)26-22(28)23-2/h3-12,14H,13H2,1-2H3,(H,25,27)(H2,23,26,28)/b10-9+. The van der Waals surface area contributed by atoms with Crippen molar-refractivity contribution in [2.45, 2.75) is 13.5 Å². The molecule has 0 unspecified atom stereocenters. The van der Waals surface area contributed by atoms with E-state index in [4.69, 9.17) is 4.74 Å². The summed E-state index contributed by atoms with van der Waals surface area (Å²) in [6.07, 6.45) is 3.16. The molecule has 3 rings (SSSR count). The number of carbonyl (C=O) groups excluding carboxylic acids is 2. The number of benzene rings is 2. The first kappa shape index (κ1) is 21.1. The number of hydrogen-bond acceptors (Lipinski definition) is 5. The van der Waals surface area contributed by atoms with Gasteiger partial charge in [-0.15, -0.1) is 11.3 Å². The molecule has 1 heterocycles. The highest BCUT2D eigenvalue weighted by atomic mass is 32.1. The number of nitrogens with one attached hydrogen (secondary N) is 3. The predicted octanol–water partition coefficient (Wildman–Crippen LogP) is 4.43. The first-order valence-electron chi connectivity index (χ1n) is 9.23. The molecule has 3 N–H and O–H groups in total. The van der Waals surface area contributed by atoms with E-state index in [0.717, 1.165) is 16.3 Å². The maximum Gasteiger partial charge on any atom is 0.318 e. The van der Waals surface area contributed by atoms with Crippen LogP contribution in [0.3, 0.4) is 0 Å². The van der Waals surface area contributed by atoms with Crippen LogP contribution in [0.25, 0.3) is 6.08 Å². The maximum absolute atomic E-state index is 12.2. The third kappa shape index (κ3) is 6.46. The van der Waals surface area contributed by atoms with E-state index in [-0.39, 0.29) is 11.9 Å². The van der Waals surface area contributed by atoms with Gasteiger partial charge in [-0.25, -0.2) is 9.78 Å². The summed E-state index contributed by atoms with van der Waals surface area (Å²) in [5.74, 6) is 0.424. The third-order valence-electron chi connectivity index (χ3n) is 3.95. The summed E-state index contributed by atoms with van der Waals surface area (Å²) in [5.41, 5.74) is 2.89. The molecule has 0 fully saturated rings. The fraction of sp³-hybridized carbons (Fsp3) is 0.136. The topological polar surface area (TPSA) is 92.4 Å². The van der Waals surface area contributed by atoms with E-state index in [1.54, 1.807) is 41.7 Å². The van der Waals surface area contributed by atoms with Gasteiger partial charge in [0.15, 0.2) is 0 Å². The van der Waals surface area contributed by atoms with Gasteiger partial charge in [0, 0.05) is 29.9 Å². The number of urea groups is 1. The minimum atomic E-state index is -0.328. The van der Waals surface area contributed by atoms with Gasteiger partial charge >= 0.3 is 6.03 Å². The quantitative estimate of drug-likeness (QED) is 0.491. The first-order valence-corrected chi connectivity index (χ1v) is 10.1. The third-order valence-corrected chi connectivity index (χ3v) is 4.78. The van der Waals surface area contributed by atoms with Crippen molar-refractivity contribution in [2.75, 3.05) is 17.7 Å². The van der Waals surface area contributed by atoms with Crippen LogP contribution in [0.1, 0.15) is 16.3 Å². The lowest BCUT2D eigenvalue weighted by Gasteiger charge is -2.07. The second-order valence-electron chi connectivity index (χ2n) is 6.33. The van der Waals surface area contributed by atoms with E-state index in [9.17, 15) is 9.59 Å². The lowest BCUT2D eigenvalue weighted by atomic mass is 10.2. The molecule has 30 heavy (non-hydrogen) atoms. The average molecular weight is 423 g/mol. The molecule has 3 amide bonds. The zero-order chi connectivity index (χ0) is 21.3. The number of aromatic nitrogens is 1. The molecule has 0 atom stereocenters. The van der Waals surface area contributed by atoms with Gasteiger partial charge in [0.25, 0.3) is 0 Å². The molecule has 0 aliphatic carbocycles. The number of anilines is 2. The van der Waals surface area contributed by atoms with E-state index < -0.39 is 0 Å². The second kappa shape index (κ2) is 10.2. The second-order valence-corrected chi connectivity index (χ2v) is 7.39. The Kier molecular flexibility index (Phi) is 7.18. The Morgan fingerprint density at radius 1 is 1.10 bits per heavy atom. The fourth-order valence-corrected chi connectivity index (χ4v) is 3.16. The van der Waals surface area contributed by atoms with Crippen molar-refractivity contribution in [2.24, 2.45) is 0 Å². The zero-order valence-corrected chi connectivity index (χ0v) is 17.5. The van der Waals surface area contributed by atoms with Gasteiger partial charge in [-0.3, -0.25) is 4.79 Å². The van der Waals surface area contributed by atoms with E-state index in [1.807, 2.05) is 36.6 Å². The molecule has 154 valence electrons. The van der Waals surface area contributed by atoms with Gasteiger partial charge in [0.1, 0.15) is 12.4 Å². The number of thiazole rings is 1. The number of ether oxygens (including phenoxy) is 1. The molecule has 0 radical (unpaired) electrons. The first-order chi connectivity index (χ1) is 14.5. The minimum absolute atomic E-state index is 0.281. The summed E-state index contributed by atoms with van der Waals surface area (Å²) < 4.78 is 5.77. The van der Waals surface area contributed by atoms with Crippen molar-refractivity contribution in [1.82, 2.24) is 10.3 Å². The molecule has 0 saturated heterocycles. The normalized spacial score (nSPS) is 10.6. The van der Waals surface area contributed by atoms with Crippen molar-refractivity contribution in [1.29, 1.82) is 0 Å². The largest absolute Gasteiger partial charge is 0.487 e. The molecule has 8 heteroatoms. The number of hydrogen-bond donors (Lipinski definition) is 3. The Balaban J connectivity index is 1.57. The Morgan fingerprint density at radius 3 is 2.60 bits per heavy atom. The van der Waals surface area contributed by atoms with Crippen LogP contribution in [0.2, 0.25) is 0 Å². The molecule has 0 aliphatic heterocycles. The molecule has 0 spiro atoms. The Labute approximate surface area is 178 Å². The van der Waals surface area contributed by atoms with Gasteiger partial charge < -0.3 is 20.7 Å². The molecule has 2 aromatic carbocycles. The number of nitrogens with zero attached hydrogens (tertiary/aromatic N) is 1. The lowest BCUT2D eigenvalue weighted by molar-refractivity contribution is -0.111. The maximum atomic E-state index is 12.2. The zero-order valence-electron chi connectivity index (χ0n) is 16.6. The van der Waals surface area contributed by atoms with Crippen molar-refractivity contribution in [3.63, 3.8) is 0 Å². The van der Waals surface area contributed by atoms with Crippen molar-refractivity contribution in [3.8, 4) is 5.75 Å². The number of aryl methyl sites for hydroxylation is 1. The molecule has 0 bridgehead atoms. The van der Waals surface area contributed by atoms with E-state index in [2.05, 4.69) is 20.9 Å². The SMILES string of the molecule is CNC(=O)Nc1cccc(NC(=O)/C=C/c2cccc(OCc3csc(C)n3)c2)c1. The summed E-state index contributed by atoms with van der Waals surface area (Å²) >= 11 is 1.59. The van der Waals surface area contributed by atoms with E-state index >= 15 is 0 Å². The number of carbonyl (C=O) groups is 2. The summed E-state index contributed by atoms with van der Waals surface area (Å²) in [5, 5.41) is 10.9. The van der Waals surface area contributed by atoms with Gasteiger partial charge in [-0.1, -0.05) is 18.2 Å². The van der Waals surface area contributed by atoms with Crippen molar-refractivity contribution < 1.29 is 14.3 Å². The highest BCUT2D eigenvalue weighted by Crippen LogP contribution is 2.18. The average Bonchev–Trinajstić information content (AvgIpc) is 3.16. The molecule has 1 aromatic heterocycles. The van der Waals surface area contributed by atoms with Gasteiger partial charge in [-0.2, -0.15) is 0 Å². The fourth-order valence-electron chi connectivity index (χ4n) is 2.56. The summed E-state index contributed by atoms with van der Waals surface area (Å²) in [7, 11) is 1.53. The predicted molar refractivity (Wildman–Crippen MR) is 120 cm³/mol. The van der Waals surface area contributed by atoms with Gasteiger partial charge in [0.05, 0.1) is 10.7 Å². The van der Waals surface area contributed by atoms with Gasteiger partial charge in [-0.05, 0) is 48.9 Å². The molecule has 0 saturated carbocycles. The van der Waals surface area contributed by atoms with Crippen LogP contribution in [0, 0.1) is 6.92 Å². The molecule has 0 aliphatic rings. The van der Waals surface area contributed by atoms with Crippen molar-refractivity contribution in [3.05, 3.63) is 76.3 Å². The van der Waals surface area contributed by atoms with Crippen LogP contribution >= 0.6 is 11.3 Å². The highest BCUT2D eigenvalue weighted by Gasteiger charge is 2.03. The number of amides is 3. The van der Waals surface area contributed by atoms with E-state index in [0.29, 0.717) is 23.7 Å². The lowest BCUT2D eigenvalue weighted by Crippen LogP contribution is -2.24. The van der Waals surface area contributed by atoms with E-state index in [1.165, 1.54) is 13.1 Å². The molecular weight excluding hydrogens is 400 g/mol. The Bertz CT molecular complexity index is 1060. The molecular formula is C22H22N4O3S. The smallest absolute Gasteiger partial charge is 0.318 e. The Hall–Kier alpha value is -3.65. The van der Waals surface area contributed by atoms with Crippen LogP contribution in [0.15, 0.2) is 60.0 Å². The minimum Gasteiger partial charge on any atom is -0.487 e. The summed E-state index contributed by atoms with van der Waals surface area (Å²) in [6, 6.07) is 14.0. The highest BCUT2D eigenvalue weighted by molar-refractivity contribution is 7.09. The number of rotatable bonds is 7. The van der Waals surface area contributed by atoms with Crippen molar-refractivity contribution >= 4 is 40.7 Å². The van der Waals surface area contributed by atoms with Gasteiger partial charge in [0.2, 0.25) is 5.91 Å². The van der Waals surface area contributed by atoms with Crippen LogP contribution < -0.4 is 20.7 Å². The van der Waals surface area contributed by atoms with Crippen LogP contribution in [-0.2, 0) is 11.4 Å². The summed E-state index contributed by atoms with van der Waals surface area (Å²) in [6.45, 7) is 2.36. The van der Waals surface area contributed by atoms with Crippen LogP contribution in [-0.4, -0.2) is 24.0 Å². The Morgan fingerprint density at radius 2 is 1.87 bits per heavy atom. The van der Waals surface area contributed by atoms with Crippen LogP contribution in [0.4, 0.5) is 16.2 Å². The summed E-state index contributed by atoms with van der Waals surface area (Å²) in [4.78, 5) is 28.0. The molecule has 7 nitrogen and oxygen atoms in total. The molecule has 3 aromatic rings.